The Labute approximate surface area is 165 Å². The Hall–Kier alpha value is -4.14. The van der Waals surface area contributed by atoms with Crippen molar-refractivity contribution in [3.63, 3.8) is 0 Å². The molecule has 1 heterocycles. The molecule has 0 aliphatic rings. The van der Waals surface area contributed by atoms with Gasteiger partial charge in [-0.2, -0.15) is 5.10 Å². The molecule has 3 rings (SSSR count). The molecule has 0 aliphatic heterocycles. The minimum absolute atomic E-state index is 0.0311. The predicted molar refractivity (Wildman–Crippen MR) is 105 cm³/mol. The third-order valence-corrected chi connectivity index (χ3v) is 3.78. The lowest BCUT2D eigenvalue weighted by molar-refractivity contribution is -0.384. The Morgan fingerprint density at radius 2 is 1.97 bits per heavy atom. The van der Waals surface area contributed by atoms with Crippen LogP contribution in [0.5, 0.6) is 11.5 Å². The molecule has 0 spiro atoms. The molecule has 1 amide bonds. The van der Waals surface area contributed by atoms with Crippen LogP contribution < -0.4 is 14.9 Å². The molecule has 148 valence electrons. The first-order valence-corrected chi connectivity index (χ1v) is 8.49. The van der Waals surface area contributed by atoms with E-state index in [0.717, 1.165) is 0 Å². The highest BCUT2D eigenvalue weighted by Crippen LogP contribution is 2.26. The fraction of sp³-hybridized carbons (Fsp3) is 0.100. The van der Waals surface area contributed by atoms with Crippen molar-refractivity contribution in [2.75, 3.05) is 13.7 Å². The molecular weight excluding hydrogens is 378 g/mol. The van der Waals surface area contributed by atoms with Gasteiger partial charge in [-0.3, -0.25) is 14.9 Å². The number of nitro benzene ring substituents is 1. The van der Waals surface area contributed by atoms with Gasteiger partial charge in [-0.1, -0.05) is 24.3 Å². The van der Waals surface area contributed by atoms with Gasteiger partial charge in [0.05, 0.1) is 18.2 Å². The largest absolute Gasteiger partial charge is 0.493 e. The van der Waals surface area contributed by atoms with Crippen LogP contribution in [0.15, 0.2) is 70.2 Å². The maximum absolute atomic E-state index is 11.8. The molecule has 0 saturated heterocycles. The van der Waals surface area contributed by atoms with E-state index in [1.165, 1.54) is 25.5 Å². The highest BCUT2D eigenvalue weighted by molar-refractivity contribution is 5.81. The van der Waals surface area contributed by atoms with Crippen molar-refractivity contribution in [1.82, 2.24) is 5.43 Å². The van der Waals surface area contributed by atoms with Gasteiger partial charge in [-0.25, -0.2) is 5.43 Å². The quantitative estimate of drug-likeness (QED) is 0.355. The zero-order valence-electron chi connectivity index (χ0n) is 15.4. The van der Waals surface area contributed by atoms with Crippen LogP contribution in [0, 0.1) is 10.1 Å². The zero-order chi connectivity index (χ0) is 20.6. The molecule has 0 aliphatic carbocycles. The summed E-state index contributed by atoms with van der Waals surface area (Å²) in [5.41, 5.74) is 2.86. The van der Waals surface area contributed by atoms with E-state index in [0.29, 0.717) is 28.6 Å². The number of nitrogens with one attached hydrogen (secondary N) is 1. The highest BCUT2D eigenvalue weighted by Gasteiger charge is 2.10. The van der Waals surface area contributed by atoms with E-state index in [1.54, 1.807) is 48.5 Å². The smallest absolute Gasteiger partial charge is 0.277 e. The number of methoxy groups -OCH3 is 1. The van der Waals surface area contributed by atoms with E-state index in [4.69, 9.17) is 13.9 Å². The van der Waals surface area contributed by atoms with E-state index >= 15 is 0 Å². The number of para-hydroxylation sites is 2. The molecule has 0 bridgehead atoms. The number of rotatable bonds is 8. The standard InChI is InChI=1S/C20H17N3O6/c1-27-18-7-2-3-8-19(18)28-13-20(24)22-21-12-16-9-10-17(29-16)14-5-4-6-15(11-14)23(25)26/h2-12H,13H2,1H3,(H,22,24). The summed E-state index contributed by atoms with van der Waals surface area (Å²) < 4.78 is 16.1. The van der Waals surface area contributed by atoms with E-state index in [1.807, 2.05) is 0 Å². The number of hydrazone groups is 1. The summed E-state index contributed by atoms with van der Waals surface area (Å²) in [5, 5.41) is 14.7. The number of furan rings is 1. The fourth-order valence-corrected chi connectivity index (χ4v) is 2.43. The van der Waals surface area contributed by atoms with Crippen molar-refractivity contribution in [3.8, 4) is 22.8 Å². The van der Waals surface area contributed by atoms with Crippen molar-refractivity contribution in [2.24, 2.45) is 5.10 Å². The average Bonchev–Trinajstić information content (AvgIpc) is 3.21. The number of hydrogen-bond acceptors (Lipinski definition) is 7. The molecule has 2 aromatic carbocycles. The molecule has 3 aromatic rings. The van der Waals surface area contributed by atoms with Crippen LogP contribution in [0.1, 0.15) is 5.76 Å². The number of non-ortho nitro benzene ring substituents is 1. The number of nitro groups is 1. The number of hydrogen-bond donors (Lipinski definition) is 1. The van der Waals surface area contributed by atoms with Gasteiger partial charge in [0.1, 0.15) is 11.5 Å². The Bertz CT molecular complexity index is 1040. The van der Waals surface area contributed by atoms with Crippen LogP contribution in [0.4, 0.5) is 5.69 Å². The van der Waals surface area contributed by atoms with Crippen molar-refractivity contribution >= 4 is 17.8 Å². The molecule has 9 heteroatoms. The monoisotopic (exact) mass is 395 g/mol. The van der Waals surface area contributed by atoms with E-state index < -0.39 is 10.8 Å². The number of ether oxygens (including phenoxy) is 2. The van der Waals surface area contributed by atoms with Gasteiger partial charge in [0, 0.05) is 17.7 Å². The first-order chi connectivity index (χ1) is 14.1. The second-order valence-corrected chi connectivity index (χ2v) is 5.74. The van der Waals surface area contributed by atoms with Gasteiger partial charge < -0.3 is 13.9 Å². The highest BCUT2D eigenvalue weighted by atomic mass is 16.6. The summed E-state index contributed by atoms with van der Waals surface area (Å²) in [7, 11) is 1.51. The minimum Gasteiger partial charge on any atom is -0.493 e. The normalized spacial score (nSPS) is 10.7. The second-order valence-electron chi connectivity index (χ2n) is 5.74. The zero-order valence-corrected chi connectivity index (χ0v) is 15.4. The lowest BCUT2D eigenvalue weighted by atomic mass is 10.1. The summed E-state index contributed by atoms with van der Waals surface area (Å²) in [6, 6.07) is 16.4. The van der Waals surface area contributed by atoms with Gasteiger partial charge in [0.15, 0.2) is 18.1 Å². The van der Waals surface area contributed by atoms with Crippen LogP contribution in [-0.4, -0.2) is 30.8 Å². The maximum atomic E-state index is 11.8. The SMILES string of the molecule is COc1ccccc1OCC(=O)NN=Cc1ccc(-c2cccc([N+](=O)[O-])c2)o1. The number of carbonyl (C=O) groups is 1. The Kier molecular flexibility index (Phi) is 6.21. The van der Waals surface area contributed by atoms with Crippen molar-refractivity contribution in [3.05, 3.63) is 76.5 Å². The first kappa shape index (κ1) is 19.6. The topological polar surface area (TPSA) is 116 Å². The van der Waals surface area contributed by atoms with Crippen LogP contribution in [0.3, 0.4) is 0 Å². The number of amides is 1. The summed E-state index contributed by atoms with van der Waals surface area (Å²) >= 11 is 0. The second kappa shape index (κ2) is 9.18. The summed E-state index contributed by atoms with van der Waals surface area (Å²) in [4.78, 5) is 22.2. The Balaban J connectivity index is 1.55. The van der Waals surface area contributed by atoms with Crippen LogP contribution in [-0.2, 0) is 4.79 Å². The number of benzene rings is 2. The number of nitrogens with zero attached hydrogens (tertiary/aromatic N) is 2. The van der Waals surface area contributed by atoms with Crippen LogP contribution in [0.25, 0.3) is 11.3 Å². The Morgan fingerprint density at radius 3 is 2.72 bits per heavy atom. The van der Waals surface area contributed by atoms with Gasteiger partial charge in [-0.15, -0.1) is 0 Å². The lowest BCUT2D eigenvalue weighted by Crippen LogP contribution is -2.24. The van der Waals surface area contributed by atoms with Crippen molar-refractivity contribution in [2.45, 2.75) is 0 Å². The number of carbonyl (C=O) groups excluding carboxylic acids is 1. The minimum atomic E-state index is -0.475. The molecule has 0 fully saturated rings. The van der Waals surface area contributed by atoms with Crippen molar-refractivity contribution in [1.29, 1.82) is 0 Å². The molecule has 0 unspecified atom stereocenters. The van der Waals surface area contributed by atoms with Gasteiger partial charge in [0.25, 0.3) is 11.6 Å². The molecule has 9 nitrogen and oxygen atoms in total. The Morgan fingerprint density at radius 1 is 1.17 bits per heavy atom. The fourth-order valence-electron chi connectivity index (χ4n) is 2.43. The van der Waals surface area contributed by atoms with E-state index in [9.17, 15) is 14.9 Å². The third kappa shape index (κ3) is 5.19. The predicted octanol–water partition coefficient (Wildman–Crippen LogP) is 3.39. The summed E-state index contributed by atoms with van der Waals surface area (Å²) in [5.74, 6) is 1.32. The lowest BCUT2D eigenvalue weighted by Gasteiger charge is -2.08. The first-order valence-electron chi connectivity index (χ1n) is 8.49. The third-order valence-electron chi connectivity index (χ3n) is 3.78. The van der Waals surface area contributed by atoms with Crippen LogP contribution >= 0.6 is 0 Å². The molecule has 29 heavy (non-hydrogen) atoms. The molecule has 0 saturated carbocycles. The van der Waals surface area contributed by atoms with Gasteiger partial charge >= 0.3 is 0 Å². The molecule has 0 atom stereocenters. The molecule has 0 radical (unpaired) electrons. The van der Waals surface area contributed by atoms with Crippen LogP contribution in [0.2, 0.25) is 0 Å². The summed E-state index contributed by atoms with van der Waals surface area (Å²) in [6.45, 7) is -0.241. The molecular formula is C20H17N3O6. The van der Waals surface area contributed by atoms with E-state index in [-0.39, 0.29) is 12.3 Å². The molecule has 1 aromatic heterocycles. The molecule has 1 N–H and O–H groups in total. The van der Waals surface area contributed by atoms with Gasteiger partial charge in [-0.05, 0) is 24.3 Å². The van der Waals surface area contributed by atoms with E-state index in [2.05, 4.69) is 10.5 Å². The van der Waals surface area contributed by atoms with Crippen molar-refractivity contribution < 1.29 is 23.6 Å². The average molecular weight is 395 g/mol. The van der Waals surface area contributed by atoms with Gasteiger partial charge in [0.2, 0.25) is 0 Å². The summed E-state index contributed by atoms with van der Waals surface area (Å²) in [6.07, 6.45) is 1.32. The maximum Gasteiger partial charge on any atom is 0.277 e.